The summed E-state index contributed by atoms with van der Waals surface area (Å²) in [5, 5.41) is 8.55. The Morgan fingerprint density at radius 1 is 1.35 bits per heavy atom. The number of hydrogen-bond donors (Lipinski definition) is 2. The first-order valence-corrected chi connectivity index (χ1v) is 7.45. The van der Waals surface area contributed by atoms with Crippen LogP contribution in [0.1, 0.15) is 12.8 Å². The van der Waals surface area contributed by atoms with Crippen LogP contribution in [0.4, 0.5) is 10.1 Å². The lowest BCUT2D eigenvalue weighted by molar-refractivity contribution is 0.287. The average Bonchev–Trinajstić information content (AvgIpc) is 2.22. The molecule has 0 aliphatic rings. The molecule has 96 valence electrons. The number of benzene rings is 1. The minimum absolute atomic E-state index is 0.0534. The van der Waals surface area contributed by atoms with E-state index in [9.17, 15) is 12.8 Å². The van der Waals surface area contributed by atoms with Crippen molar-refractivity contribution in [3.63, 3.8) is 0 Å². The van der Waals surface area contributed by atoms with Crippen molar-refractivity contribution >= 4 is 31.6 Å². The van der Waals surface area contributed by atoms with Crippen LogP contribution in [0.5, 0.6) is 0 Å². The molecule has 0 bridgehead atoms. The van der Waals surface area contributed by atoms with E-state index in [4.69, 9.17) is 5.11 Å². The first kappa shape index (κ1) is 14.4. The van der Waals surface area contributed by atoms with E-state index in [0.29, 0.717) is 17.3 Å². The molecule has 0 aliphatic carbocycles. The maximum absolute atomic E-state index is 13.4. The Labute approximate surface area is 108 Å². The van der Waals surface area contributed by atoms with Gasteiger partial charge in [0.25, 0.3) is 0 Å². The van der Waals surface area contributed by atoms with E-state index in [1.54, 1.807) is 6.07 Å². The molecule has 0 fully saturated rings. The Kier molecular flexibility index (Phi) is 5.35. The van der Waals surface area contributed by atoms with Crippen LogP contribution in [-0.4, -0.2) is 25.9 Å². The second-order valence-corrected chi connectivity index (χ2v) is 6.23. The lowest BCUT2D eigenvalue weighted by Crippen LogP contribution is -2.17. The molecule has 1 aromatic carbocycles. The molecule has 0 amide bonds. The van der Waals surface area contributed by atoms with Gasteiger partial charge in [-0.1, -0.05) is 15.9 Å². The third-order valence-electron chi connectivity index (χ3n) is 2.02. The number of nitrogens with one attached hydrogen (secondary N) is 1. The van der Waals surface area contributed by atoms with Crippen LogP contribution in [0.25, 0.3) is 0 Å². The smallest absolute Gasteiger partial charge is 0.232 e. The number of hydrogen-bond acceptors (Lipinski definition) is 3. The fourth-order valence-corrected chi connectivity index (χ4v) is 2.71. The zero-order chi connectivity index (χ0) is 12.9. The van der Waals surface area contributed by atoms with Crippen LogP contribution < -0.4 is 4.72 Å². The Hall–Kier alpha value is -0.660. The molecule has 0 spiro atoms. The number of halogens is 2. The zero-order valence-electron chi connectivity index (χ0n) is 8.99. The van der Waals surface area contributed by atoms with E-state index in [0.717, 1.165) is 0 Å². The Bertz CT molecular complexity index is 478. The molecule has 0 saturated heterocycles. The van der Waals surface area contributed by atoms with Gasteiger partial charge >= 0.3 is 0 Å². The van der Waals surface area contributed by atoms with E-state index in [1.807, 2.05) is 0 Å². The van der Waals surface area contributed by atoms with Gasteiger partial charge in [-0.05, 0) is 31.0 Å². The second kappa shape index (κ2) is 6.32. The van der Waals surface area contributed by atoms with Gasteiger partial charge in [0.2, 0.25) is 10.0 Å². The lowest BCUT2D eigenvalue weighted by Gasteiger charge is -2.08. The lowest BCUT2D eigenvalue weighted by atomic mass is 10.3. The summed E-state index contributed by atoms with van der Waals surface area (Å²) in [6, 6.07) is 4.09. The molecular weight excluding hydrogens is 313 g/mol. The van der Waals surface area contributed by atoms with Gasteiger partial charge < -0.3 is 5.11 Å². The largest absolute Gasteiger partial charge is 0.396 e. The normalized spacial score (nSPS) is 11.5. The number of aliphatic hydroxyl groups excluding tert-OH is 1. The standard InChI is InChI=1S/C10H13BrFNO3S/c11-8-3-4-10(9(12)7-8)13-17(15,16)6-2-1-5-14/h3-4,7,13-14H,1-2,5-6H2. The van der Waals surface area contributed by atoms with Crippen molar-refractivity contribution < 1.29 is 17.9 Å². The number of unbranched alkanes of at least 4 members (excludes halogenated alkanes) is 1. The summed E-state index contributed by atoms with van der Waals surface area (Å²) in [5.41, 5.74) is -0.0720. The van der Waals surface area contributed by atoms with Gasteiger partial charge in [-0.15, -0.1) is 0 Å². The summed E-state index contributed by atoms with van der Waals surface area (Å²) < 4.78 is 39.2. The number of rotatable bonds is 6. The highest BCUT2D eigenvalue weighted by molar-refractivity contribution is 9.10. The zero-order valence-corrected chi connectivity index (χ0v) is 11.4. The highest BCUT2D eigenvalue weighted by atomic mass is 79.9. The highest BCUT2D eigenvalue weighted by Crippen LogP contribution is 2.20. The van der Waals surface area contributed by atoms with Gasteiger partial charge in [-0.2, -0.15) is 0 Å². The monoisotopic (exact) mass is 325 g/mol. The number of sulfonamides is 1. The fourth-order valence-electron chi connectivity index (χ4n) is 1.19. The van der Waals surface area contributed by atoms with E-state index in [-0.39, 0.29) is 18.0 Å². The van der Waals surface area contributed by atoms with E-state index in [2.05, 4.69) is 20.7 Å². The molecule has 1 rings (SSSR count). The molecule has 0 unspecified atom stereocenters. The van der Waals surface area contributed by atoms with Crippen molar-refractivity contribution in [2.75, 3.05) is 17.1 Å². The van der Waals surface area contributed by atoms with Crippen LogP contribution in [0, 0.1) is 5.82 Å². The van der Waals surface area contributed by atoms with E-state index >= 15 is 0 Å². The van der Waals surface area contributed by atoms with E-state index < -0.39 is 15.8 Å². The van der Waals surface area contributed by atoms with Crippen molar-refractivity contribution in [2.45, 2.75) is 12.8 Å². The summed E-state index contributed by atoms with van der Waals surface area (Å²) >= 11 is 3.08. The predicted molar refractivity (Wildman–Crippen MR) is 67.8 cm³/mol. The molecule has 0 atom stereocenters. The molecule has 1 aromatic rings. The van der Waals surface area contributed by atoms with Crippen molar-refractivity contribution in [1.29, 1.82) is 0 Å². The summed E-state index contributed by atoms with van der Waals surface area (Å²) in [5.74, 6) is -0.770. The summed E-state index contributed by atoms with van der Waals surface area (Å²) in [4.78, 5) is 0. The Balaban J connectivity index is 2.69. The van der Waals surface area contributed by atoms with Crippen LogP contribution in [0.15, 0.2) is 22.7 Å². The molecule has 0 radical (unpaired) electrons. The van der Waals surface area contributed by atoms with Crippen LogP contribution >= 0.6 is 15.9 Å². The topological polar surface area (TPSA) is 66.4 Å². The second-order valence-electron chi connectivity index (χ2n) is 3.48. The van der Waals surface area contributed by atoms with E-state index in [1.165, 1.54) is 12.1 Å². The SMILES string of the molecule is O=S(=O)(CCCCO)Nc1ccc(Br)cc1F. The van der Waals surface area contributed by atoms with Gasteiger partial charge in [-0.3, -0.25) is 4.72 Å². The first-order chi connectivity index (χ1) is 7.94. The molecule has 4 nitrogen and oxygen atoms in total. The summed E-state index contributed by atoms with van der Waals surface area (Å²) in [6.07, 6.45) is 0.744. The van der Waals surface area contributed by atoms with Crippen molar-refractivity contribution in [3.05, 3.63) is 28.5 Å². The van der Waals surface area contributed by atoms with Crippen molar-refractivity contribution in [2.24, 2.45) is 0 Å². The third-order valence-corrected chi connectivity index (χ3v) is 3.87. The fraction of sp³-hybridized carbons (Fsp3) is 0.400. The van der Waals surface area contributed by atoms with Crippen LogP contribution in [0.2, 0.25) is 0 Å². The molecule has 17 heavy (non-hydrogen) atoms. The molecular formula is C10H13BrFNO3S. The third kappa shape index (κ3) is 5.01. The summed E-state index contributed by atoms with van der Waals surface area (Å²) in [7, 11) is -3.56. The first-order valence-electron chi connectivity index (χ1n) is 5.01. The quantitative estimate of drug-likeness (QED) is 0.787. The van der Waals surface area contributed by atoms with Crippen molar-refractivity contribution in [1.82, 2.24) is 0 Å². The minimum atomic E-state index is -3.56. The van der Waals surface area contributed by atoms with Crippen LogP contribution in [0.3, 0.4) is 0 Å². The molecule has 7 heteroatoms. The number of anilines is 1. The molecule has 0 aromatic heterocycles. The maximum Gasteiger partial charge on any atom is 0.232 e. The number of aliphatic hydroxyl groups is 1. The van der Waals surface area contributed by atoms with Gasteiger partial charge in [-0.25, -0.2) is 12.8 Å². The molecule has 0 aliphatic heterocycles. The minimum Gasteiger partial charge on any atom is -0.396 e. The molecule has 2 N–H and O–H groups in total. The molecule has 0 heterocycles. The maximum atomic E-state index is 13.4. The summed E-state index contributed by atoms with van der Waals surface area (Å²) in [6.45, 7) is -0.0534. The van der Waals surface area contributed by atoms with Gasteiger partial charge in [0, 0.05) is 11.1 Å². The van der Waals surface area contributed by atoms with Gasteiger partial charge in [0.1, 0.15) is 5.82 Å². The van der Waals surface area contributed by atoms with Crippen molar-refractivity contribution in [3.8, 4) is 0 Å². The highest BCUT2D eigenvalue weighted by Gasteiger charge is 2.12. The van der Waals surface area contributed by atoms with Crippen LogP contribution in [-0.2, 0) is 10.0 Å². The Morgan fingerprint density at radius 2 is 2.06 bits per heavy atom. The van der Waals surface area contributed by atoms with Gasteiger partial charge in [0.15, 0.2) is 0 Å². The Morgan fingerprint density at radius 3 is 2.65 bits per heavy atom. The predicted octanol–water partition coefficient (Wildman–Crippen LogP) is 2.10. The molecule has 0 saturated carbocycles. The van der Waals surface area contributed by atoms with Gasteiger partial charge in [0.05, 0.1) is 11.4 Å². The average molecular weight is 326 g/mol.